The van der Waals surface area contributed by atoms with E-state index in [0.29, 0.717) is 6.61 Å². The molecule has 0 spiro atoms. The van der Waals surface area contributed by atoms with Crippen LogP contribution in [0.3, 0.4) is 0 Å². The van der Waals surface area contributed by atoms with E-state index in [0.717, 1.165) is 25.9 Å². The summed E-state index contributed by atoms with van der Waals surface area (Å²) in [6.07, 6.45) is 2.09. The Morgan fingerprint density at radius 3 is 3.07 bits per heavy atom. The minimum atomic E-state index is 0.106. The molecule has 0 aliphatic carbocycles. The van der Waals surface area contributed by atoms with Crippen molar-refractivity contribution in [2.75, 3.05) is 26.8 Å². The predicted octanol–water partition coefficient (Wildman–Crippen LogP) is 0.137. The van der Waals surface area contributed by atoms with Gasteiger partial charge in [-0.15, -0.1) is 0 Å². The van der Waals surface area contributed by atoms with Crippen molar-refractivity contribution < 1.29 is 9.53 Å². The number of hydrogen-bond donors (Lipinski definition) is 2. The van der Waals surface area contributed by atoms with E-state index in [1.54, 1.807) is 7.11 Å². The van der Waals surface area contributed by atoms with Gasteiger partial charge in [0.15, 0.2) is 0 Å². The number of carbonyl (C=O) groups is 1. The third-order valence-corrected chi connectivity index (χ3v) is 2.47. The molecule has 1 aliphatic heterocycles. The Hall–Kier alpha value is -0.610. The highest BCUT2D eigenvalue weighted by Gasteiger charge is 2.21. The van der Waals surface area contributed by atoms with Crippen LogP contribution < -0.4 is 10.6 Å². The summed E-state index contributed by atoms with van der Waals surface area (Å²) in [5.41, 5.74) is 0. The lowest BCUT2D eigenvalue weighted by molar-refractivity contribution is -0.126. The van der Waals surface area contributed by atoms with Crippen LogP contribution in [0, 0.1) is 5.92 Å². The van der Waals surface area contributed by atoms with E-state index < -0.39 is 0 Å². The normalized spacial score (nSPS) is 24.3. The predicted molar refractivity (Wildman–Crippen MR) is 55.1 cm³/mol. The van der Waals surface area contributed by atoms with Gasteiger partial charge in [-0.2, -0.15) is 0 Å². The molecule has 2 atom stereocenters. The molecule has 1 heterocycles. The maximum absolute atomic E-state index is 11.7. The number of methoxy groups -OCH3 is 1. The number of hydrogen-bond acceptors (Lipinski definition) is 3. The zero-order valence-corrected chi connectivity index (χ0v) is 9.01. The molecule has 1 saturated heterocycles. The third-order valence-electron chi connectivity index (χ3n) is 2.47. The summed E-state index contributed by atoms with van der Waals surface area (Å²) in [7, 11) is 1.64. The lowest BCUT2D eigenvalue weighted by Crippen LogP contribution is -2.44. The standard InChI is InChI=1S/C10H20N2O2/c1-8(7-14-2)12-10(13)9-4-3-5-11-6-9/h8-9,11H,3-7H2,1-2H3,(H,12,13)/t8-,9-/m1/s1. The lowest BCUT2D eigenvalue weighted by atomic mass is 9.98. The maximum atomic E-state index is 11.7. The van der Waals surface area contributed by atoms with Gasteiger partial charge in [0.25, 0.3) is 0 Å². The van der Waals surface area contributed by atoms with Crippen LogP contribution in [0.15, 0.2) is 0 Å². The Morgan fingerprint density at radius 1 is 1.71 bits per heavy atom. The Balaban J connectivity index is 2.25. The summed E-state index contributed by atoms with van der Waals surface area (Å²) < 4.78 is 4.96. The summed E-state index contributed by atoms with van der Waals surface area (Å²) in [4.78, 5) is 11.7. The van der Waals surface area contributed by atoms with Gasteiger partial charge in [0.1, 0.15) is 0 Å². The molecule has 0 radical (unpaired) electrons. The Labute approximate surface area is 85.4 Å². The maximum Gasteiger partial charge on any atom is 0.224 e. The van der Waals surface area contributed by atoms with E-state index in [1.165, 1.54) is 0 Å². The first-order valence-corrected chi connectivity index (χ1v) is 5.24. The Morgan fingerprint density at radius 2 is 2.50 bits per heavy atom. The number of rotatable bonds is 4. The van der Waals surface area contributed by atoms with Crippen molar-refractivity contribution in [3.63, 3.8) is 0 Å². The van der Waals surface area contributed by atoms with E-state index in [-0.39, 0.29) is 17.9 Å². The molecule has 0 unspecified atom stereocenters. The topological polar surface area (TPSA) is 50.4 Å². The Kier molecular flexibility index (Phi) is 4.90. The molecule has 4 heteroatoms. The first-order chi connectivity index (χ1) is 6.74. The molecule has 0 aromatic rings. The smallest absolute Gasteiger partial charge is 0.224 e. The molecule has 0 bridgehead atoms. The van der Waals surface area contributed by atoms with Gasteiger partial charge in [-0.1, -0.05) is 0 Å². The van der Waals surface area contributed by atoms with Crippen LogP contribution in [0.4, 0.5) is 0 Å². The summed E-state index contributed by atoms with van der Waals surface area (Å²) >= 11 is 0. The molecule has 14 heavy (non-hydrogen) atoms. The molecule has 1 aliphatic rings. The molecule has 1 amide bonds. The van der Waals surface area contributed by atoms with Crippen LogP contribution in [0.5, 0.6) is 0 Å². The van der Waals surface area contributed by atoms with Crippen LogP contribution in [0.1, 0.15) is 19.8 Å². The van der Waals surface area contributed by atoms with E-state index >= 15 is 0 Å². The number of carbonyl (C=O) groups excluding carboxylic acids is 1. The third kappa shape index (κ3) is 3.64. The van der Waals surface area contributed by atoms with Gasteiger partial charge in [-0.05, 0) is 26.3 Å². The van der Waals surface area contributed by atoms with E-state index in [4.69, 9.17) is 4.74 Å². The second-order valence-corrected chi connectivity index (χ2v) is 3.91. The molecule has 1 fully saturated rings. The monoisotopic (exact) mass is 200 g/mol. The lowest BCUT2D eigenvalue weighted by Gasteiger charge is -2.23. The summed E-state index contributed by atoms with van der Waals surface area (Å²) in [5.74, 6) is 0.296. The van der Waals surface area contributed by atoms with E-state index in [9.17, 15) is 4.79 Å². The van der Waals surface area contributed by atoms with Crippen LogP contribution >= 0.6 is 0 Å². The molecule has 82 valence electrons. The van der Waals surface area contributed by atoms with Crippen molar-refractivity contribution >= 4 is 5.91 Å². The number of piperidine rings is 1. The zero-order valence-electron chi connectivity index (χ0n) is 9.01. The first-order valence-electron chi connectivity index (χ1n) is 5.24. The molecule has 0 aromatic carbocycles. The largest absolute Gasteiger partial charge is 0.383 e. The fraction of sp³-hybridized carbons (Fsp3) is 0.900. The summed E-state index contributed by atoms with van der Waals surface area (Å²) in [6, 6.07) is 0.106. The highest BCUT2D eigenvalue weighted by molar-refractivity contribution is 5.79. The van der Waals surface area contributed by atoms with Gasteiger partial charge in [-0.3, -0.25) is 4.79 Å². The van der Waals surface area contributed by atoms with Gasteiger partial charge in [0.05, 0.1) is 12.5 Å². The van der Waals surface area contributed by atoms with Gasteiger partial charge in [0.2, 0.25) is 5.91 Å². The first kappa shape index (κ1) is 11.5. The molecule has 1 rings (SSSR count). The van der Waals surface area contributed by atoms with Crippen molar-refractivity contribution in [2.24, 2.45) is 5.92 Å². The molecular formula is C10H20N2O2. The van der Waals surface area contributed by atoms with E-state index in [2.05, 4.69) is 10.6 Å². The number of nitrogens with one attached hydrogen (secondary N) is 2. The second kappa shape index (κ2) is 5.98. The molecule has 4 nitrogen and oxygen atoms in total. The molecule has 2 N–H and O–H groups in total. The summed E-state index contributed by atoms with van der Waals surface area (Å²) in [5, 5.41) is 6.18. The van der Waals surface area contributed by atoms with Crippen LogP contribution in [0.2, 0.25) is 0 Å². The quantitative estimate of drug-likeness (QED) is 0.678. The number of ether oxygens (including phenoxy) is 1. The molecule has 0 aromatic heterocycles. The minimum Gasteiger partial charge on any atom is -0.383 e. The molecular weight excluding hydrogens is 180 g/mol. The van der Waals surface area contributed by atoms with Gasteiger partial charge in [0, 0.05) is 19.7 Å². The Bertz CT molecular complexity index is 179. The van der Waals surface area contributed by atoms with E-state index in [1.807, 2.05) is 6.92 Å². The van der Waals surface area contributed by atoms with Crippen LogP contribution in [-0.4, -0.2) is 38.8 Å². The second-order valence-electron chi connectivity index (χ2n) is 3.91. The van der Waals surface area contributed by atoms with Gasteiger partial charge >= 0.3 is 0 Å². The zero-order chi connectivity index (χ0) is 10.4. The van der Waals surface area contributed by atoms with Crippen molar-refractivity contribution in [3.8, 4) is 0 Å². The minimum absolute atomic E-state index is 0.106. The molecule has 0 saturated carbocycles. The average molecular weight is 200 g/mol. The fourth-order valence-corrected chi connectivity index (χ4v) is 1.73. The van der Waals surface area contributed by atoms with Crippen LogP contribution in [0.25, 0.3) is 0 Å². The SMILES string of the molecule is COC[C@@H](C)NC(=O)[C@@H]1CCCNC1. The fourth-order valence-electron chi connectivity index (χ4n) is 1.73. The van der Waals surface area contributed by atoms with Crippen molar-refractivity contribution in [2.45, 2.75) is 25.8 Å². The van der Waals surface area contributed by atoms with Crippen molar-refractivity contribution in [3.05, 3.63) is 0 Å². The highest BCUT2D eigenvalue weighted by Crippen LogP contribution is 2.09. The van der Waals surface area contributed by atoms with Gasteiger partial charge < -0.3 is 15.4 Å². The van der Waals surface area contributed by atoms with Crippen molar-refractivity contribution in [1.29, 1.82) is 0 Å². The number of amides is 1. The van der Waals surface area contributed by atoms with Crippen molar-refractivity contribution in [1.82, 2.24) is 10.6 Å². The van der Waals surface area contributed by atoms with Crippen LogP contribution in [-0.2, 0) is 9.53 Å². The summed E-state index contributed by atoms with van der Waals surface area (Å²) in [6.45, 7) is 4.38. The highest BCUT2D eigenvalue weighted by atomic mass is 16.5. The average Bonchev–Trinajstić information content (AvgIpc) is 2.19. The van der Waals surface area contributed by atoms with Gasteiger partial charge in [-0.25, -0.2) is 0 Å².